The summed E-state index contributed by atoms with van der Waals surface area (Å²) in [5, 5.41) is 10.7. The summed E-state index contributed by atoms with van der Waals surface area (Å²) >= 11 is 0. The fourth-order valence-corrected chi connectivity index (χ4v) is 2.66. The number of aliphatic carboxylic acids is 1. The number of carbonyl (C=O) groups is 1. The highest BCUT2D eigenvalue weighted by Gasteiger charge is 2.27. The predicted octanol–water partition coefficient (Wildman–Crippen LogP) is -1.16. The molecule has 2 unspecified atom stereocenters. The first-order valence-electron chi connectivity index (χ1n) is 4.58. The summed E-state index contributed by atoms with van der Waals surface area (Å²) < 4.78 is 24.2. The van der Waals surface area contributed by atoms with E-state index < -0.39 is 28.0 Å². The Bertz CT molecular complexity index is 311. The number of hydrogen-bond donors (Lipinski definition) is 1. The van der Waals surface area contributed by atoms with E-state index in [9.17, 15) is 18.3 Å². The van der Waals surface area contributed by atoms with Crippen LogP contribution in [0, 0.1) is 5.92 Å². The molecule has 0 bridgehead atoms. The van der Waals surface area contributed by atoms with Crippen molar-refractivity contribution in [1.82, 2.24) is 4.72 Å². The average molecular weight is 220 g/mol. The van der Waals surface area contributed by atoms with Crippen molar-refractivity contribution >= 4 is 16.0 Å². The molecule has 1 N–H and O–H groups in total. The lowest BCUT2D eigenvalue weighted by atomic mass is 9.85. The van der Waals surface area contributed by atoms with Gasteiger partial charge >= 0.3 is 0 Å². The highest BCUT2D eigenvalue weighted by atomic mass is 32.2. The van der Waals surface area contributed by atoms with Gasteiger partial charge in [-0.1, -0.05) is 12.8 Å². The predicted molar refractivity (Wildman–Crippen MR) is 48.7 cm³/mol. The first kappa shape index (κ1) is 11.5. The molecule has 0 heterocycles. The first-order valence-corrected chi connectivity index (χ1v) is 6.47. The molecule has 1 rings (SSSR count). The maximum absolute atomic E-state index is 10.9. The Hall–Kier alpha value is -0.620. The molecule has 1 fully saturated rings. The van der Waals surface area contributed by atoms with Crippen LogP contribution in [0.2, 0.25) is 0 Å². The lowest BCUT2D eigenvalue weighted by molar-refractivity contribution is -0.313. The van der Waals surface area contributed by atoms with Crippen LogP contribution in [0.15, 0.2) is 0 Å². The van der Waals surface area contributed by atoms with Crippen molar-refractivity contribution in [2.24, 2.45) is 5.92 Å². The Balaban J connectivity index is 2.68. The van der Waals surface area contributed by atoms with Crippen molar-refractivity contribution in [3.05, 3.63) is 0 Å². The second-order valence-corrected chi connectivity index (χ2v) is 5.49. The number of carboxylic acid groups (broad SMARTS) is 1. The third kappa shape index (κ3) is 3.26. The molecule has 1 aliphatic rings. The molecule has 1 saturated carbocycles. The summed E-state index contributed by atoms with van der Waals surface area (Å²) in [7, 11) is -3.33. The van der Waals surface area contributed by atoms with Gasteiger partial charge in [-0.05, 0) is 12.8 Å². The lowest BCUT2D eigenvalue weighted by Crippen LogP contribution is -2.48. The maximum atomic E-state index is 10.9. The molecule has 0 aliphatic heterocycles. The van der Waals surface area contributed by atoms with Crippen LogP contribution in [-0.2, 0) is 14.8 Å². The molecular formula is C8H14NO4S-. The Morgan fingerprint density at radius 1 is 1.36 bits per heavy atom. The quantitative estimate of drug-likeness (QED) is 0.650. The van der Waals surface area contributed by atoms with E-state index in [2.05, 4.69) is 4.72 Å². The second-order valence-electron chi connectivity index (χ2n) is 3.71. The van der Waals surface area contributed by atoms with E-state index in [4.69, 9.17) is 0 Å². The van der Waals surface area contributed by atoms with Gasteiger partial charge in [-0.25, -0.2) is 13.1 Å². The zero-order chi connectivity index (χ0) is 10.8. The van der Waals surface area contributed by atoms with Crippen LogP contribution in [0.5, 0.6) is 0 Å². The van der Waals surface area contributed by atoms with Crippen molar-refractivity contribution in [1.29, 1.82) is 0 Å². The molecule has 6 heteroatoms. The molecule has 0 amide bonds. The van der Waals surface area contributed by atoms with Crippen molar-refractivity contribution < 1.29 is 18.3 Å². The molecule has 1 aliphatic carbocycles. The minimum Gasteiger partial charge on any atom is -0.550 e. The van der Waals surface area contributed by atoms with Crippen LogP contribution in [0.25, 0.3) is 0 Å². The topological polar surface area (TPSA) is 86.3 Å². The molecule has 82 valence electrons. The number of carboxylic acids is 1. The molecule has 0 spiro atoms. The monoisotopic (exact) mass is 220 g/mol. The van der Waals surface area contributed by atoms with Crippen molar-refractivity contribution in [3.63, 3.8) is 0 Å². The van der Waals surface area contributed by atoms with Gasteiger partial charge in [-0.3, -0.25) is 0 Å². The van der Waals surface area contributed by atoms with Gasteiger partial charge in [0.1, 0.15) is 0 Å². The van der Waals surface area contributed by atoms with Gasteiger partial charge in [-0.15, -0.1) is 0 Å². The molecule has 0 aromatic rings. The normalized spacial score (nSPS) is 28.6. The van der Waals surface area contributed by atoms with Crippen LogP contribution in [0.1, 0.15) is 25.7 Å². The smallest absolute Gasteiger partial charge is 0.208 e. The first-order chi connectivity index (χ1) is 6.40. The van der Waals surface area contributed by atoms with E-state index in [1.165, 1.54) is 0 Å². The summed E-state index contributed by atoms with van der Waals surface area (Å²) in [5.74, 6) is -1.84. The highest BCUT2D eigenvalue weighted by molar-refractivity contribution is 7.88. The Labute approximate surface area is 83.6 Å². The fraction of sp³-hybridized carbons (Fsp3) is 0.875. The molecule has 0 aromatic carbocycles. The minimum absolute atomic E-state index is 0.496. The van der Waals surface area contributed by atoms with E-state index in [0.717, 1.165) is 19.1 Å². The summed E-state index contributed by atoms with van der Waals surface area (Å²) in [6.45, 7) is 0. The number of rotatable bonds is 3. The summed E-state index contributed by atoms with van der Waals surface area (Å²) in [6.07, 6.45) is 3.78. The van der Waals surface area contributed by atoms with Gasteiger partial charge in [0.2, 0.25) is 10.0 Å². The van der Waals surface area contributed by atoms with Crippen molar-refractivity contribution in [3.8, 4) is 0 Å². The van der Waals surface area contributed by atoms with Gasteiger partial charge in [0, 0.05) is 17.9 Å². The number of carbonyl (C=O) groups excluding carboxylic acids is 1. The SMILES string of the molecule is CS(=O)(=O)NC1CCCCC1C(=O)[O-]. The third-order valence-electron chi connectivity index (χ3n) is 2.43. The average Bonchev–Trinajstić information content (AvgIpc) is 2.01. The van der Waals surface area contributed by atoms with Crippen molar-refractivity contribution in [2.45, 2.75) is 31.7 Å². The number of sulfonamides is 1. The molecular weight excluding hydrogens is 206 g/mol. The molecule has 0 radical (unpaired) electrons. The molecule has 2 atom stereocenters. The Morgan fingerprint density at radius 3 is 2.43 bits per heavy atom. The lowest BCUT2D eigenvalue weighted by Gasteiger charge is -2.32. The van der Waals surface area contributed by atoms with Crippen LogP contribution < -0.4 is 9.83 Å². The summed E-state index contributed by atoms with van der Waals surface area (Å²) in [6, 6.07) is -0.497. The van der Waals surface area contributed by atoms with Crippen LogP contribution >= 0.6 is 0 Å². The van der Waals surface area contributed by atoms with E-state index in [0.29, 0.717) is 12.8 Å². The van der Waals surface area contributed by atoms with E-state index in [-0.39, 0.29) is 0 Å². The summed E-state index contributed by atoms with van der Waals surface area (Å²) in [4.78, 5) is 10.7. The largest absolute Gasteiger partial charge is 0.550 e. The van der Waals surface area contributed by atoms with Gasteiger partial charge < -0.3 is 9.90 Å². The van der Waals surface area contributed by atoms with E-state index >= 15 is 0 Å². The number of hydrogen-bond acceptors (Lipinski definition) is 4. The van der Waals surface area contributed by atoms with E-state index in [1.54, 1.807) is 0 Å². The molecule has 5 nitrogen and oxygen atoms in total. The van der Waals surface area contributed by atoms with Crippen LogP contribution in [0.4, 0.5) is 0 Å². The standard InChI is InChI=1S/C8H15NO4S/c1-14(12,13)9-7-5-3-2-4-6(7)8(10)11/h6-7,9H,2-5H2,1H3,(H,10,11)/p-1. The van der Waals surface area contributed by atoms with Crippen LogP contribution in [0.3, 0.4) is 0 Å². The van der Waals surface area contributed by atoms with Crippen LogP contribution in [-0.4, -0.2) is 26.7 Å². The van der Waals surface area contributed by atoms with Gasteiger partial charge in [0.05, 0.1) is 6.26 Å². The zero-order valence-corrected chi connectivity index (χ0v) is 8.84. The molecule has 0 saturated heterocycles. The molecule has 14 heavy (non-hydrogen) atoms. The van der Waals surface area contributed by atoms with Gasteiger partial charge in [0.25, 0.3) is 0 Å². The highest BCUT2D eigenvalue weighted by Crippen LogP contribution is 2.24. The molecule has 0 aromatic heterocycles. The van der Waals surface area contributed by atoms with Crippen molar-refractivity contribution in [2.75, 3.05) is 6.26 Å². The fourth-order valence-electron chi connectivity index (χ4n) is 1.83. The second kappa shape index (κ2) is 4.27. The Morgan fingerprint density at radius 2 is 1.93 bits per heavy atom. The van der Waals surface area contributed by atoms with Gasteiger partial charge in [-0.2, -0.15) is 0 Å². The zero-order valence-electron chi connectivity index (χ0n) is 8.02. The third-order valence-corrected chi connectivity index (χ3v) is 3.17. The van der Waals surface area contributed by atoms with E-state index in [1.807, 2.05) is 0 Å². The number of nitrogens with one attached hydrogen (secondary N) is 1. The van der Waals surface area contributed by atoms with Gasteiger partial charge in [0.15, 0.2) is 0 Å². The summed E-state index contributed by atoms with van der Waals surface area (Å²) in [5.41, 5.74) is 0. The maximum Gasteiger partial charge on any atom is 0.208 e. The Kier molecular flexibility index (Phi) is 3.49. The minimum atomic E-state index is -3.33.